The fourth-order valence-electron chi connectivity index (χ4n) is 1.38. The van der Waals surface area contributed by atoms with E-state index in [4.69, 9.17) is 23.2 Å². The number of nitrogens with zero attached hydrogens (tertiary/aromatic N) is 1. The highest BCUT2D eigenvalue weighted by molar-refractivity contribution is 6.33. The van der Waals surface area contributed by atoms with Crippen LogP contribution < -0.4 is 4.90 Å². The standard InChI is InChI=1S/C12H17Cl2N/c1-12(2,3)15(4)11-9(8-13)6-5-7-10(11)14/h5-7H,8H2,1-4H3. The molecule has 0 heterocycles. The van der Waals surface area contributed by atoms with E-state index < -0.39 is 0 Å². The third kappa shape index (κ3) is 2.79. The number of hydrogen-bond donors (Lipinski definition) is 0. The molecule has 1 nitrogen and oxygen atoms in total. The van der Waals surface area contributed by atoms with Crippen molar-refractivity contribution in [1.82, 2.24) is 0 Å². The van der Waals surface area contributed by atoms with Gasteiger partial charge < -0.3 is 4.90 Å². The molecule has 0 radical (unpaired) electrons. The Labute approximate surface area is 102 Å². The van der Waals surface area contributed by atoms with Gasteiger partial charge in [0.1, 0.15) is 0 Å². The largest absolute Gasteiger partial charge is 0.368 e. The summed E-state index contributed by atoms with van der Waals surface area (Å²) in [5.74, 6) is 0.482. The van der Waals surface area contributed by atoms with Crippen LogP contribution in [0.5, 0.6) is 0 Å². The molecule has 1 aromatic rings. The number of para-hydroxylation sites is 1. The molecule has 0 saturated carbocycles. The lowest BCUT2D eigenvalue weighted by molar-refractivity contribution is 0.538. The van der Waals surface area contributed by atoms with Crippen molar-refractivity contribution in [3.8, 4) is 0 Å². The normalized spacial score (nSPS) is 11.6. The Balaban J connectivity index is 3.23. The van der Waals surface area contributed by atoms with Crippen LogP contribution in [0.1, 0.15) is 26.3 Å². The van der Waals surface area contributed by atoms with Gasteiger partial charge >= 0.3 is 0 Å². The molecule has 0 fully saturated rings. The van der Waals surface area contributed by atoms with Gasteiger partial charge in [0, 0.05) is 18.5 Å². The van der Waals surface area contributed by atoms with Crippen LogP contribution in [0.25, 0.3) is 0 Å². The zero-order chi connectivity index (χ0) is 11.6. The second-order valence-electron chi connectivity index (χ2n) is 4.61. The lowest BCUT2D eigenvalue weighted by Gasteiger charge is -2.36. The van der Waals surface area contributed by atoms with Crippen LogP contribution in [0.2, 0.25) is 5.02 Å². The Bertz CT molecular complexity index is 342. The maximum absolute atomic E-state index is 6.21. The van der Waals surface area contributed by atoms with Crippen LogP contribution in [0.4, 0.5) is 5.69 Å². The number of alkyl halides is 1. The van der Waals surface area contributed by atoms with Crippen molar-refractivity contribution in [3.63, 3.8) is 0 Å². The summed E-state index contributed by atoms with van der Waals surface area (Å²) in [6, 6.07) is 5.84. The van der Waals surface area contributed by atoms with Crippen LogP contribution in [0, 0.1) is 0 Å². The molecule has 0 saturated heterocycles. The van der Waals surface area contributed by atoms with Gasteiger partial charge in [-0.15, -0.1) is 11.6 Å². The number of halogens is 2. The minimum atomic E-state index is 0.0335. The van der Waals surface area contributed by atoms with E-state index in [1.54, 1.807) is 0 Å². The Kier molecular flexibility index (Phi) is 3.91. The third-order valence-electron chi connectivity index (χ3n) is 2.56. The van der Waals surface area contributed by atoms with Crippen LogP contribution in [-0.4, -0.2) is 12.6 Å². The number of rotatable bonds is 2. The molecule has 1 aromatic carbocycles. The fourth-order valence-corrected chi connectivity index (χ4v) is 1.92. The summed E-state index contributed by atoms with van der Waals surface area (Å²) in [6.07, 6.45) is 0. The van der Waals surface area contributed by atoms with E-state index in [1.807, 2.05) is 25.2 Å². The molecule has 84 valence electrons. The Hall–Kier alpha value is -0.400. The molecular weight excluding hydrogens is 229 g/mol. The Morgan fingerprint density at radius 2 is 1.87 bits per heavy atom. The van der Waals surface area contributed by atoms with Gasteiger partial charge in [0.25, 0.3) is 0 Å². The second-order valence-corrected chi connectivity index (χ2v) is 5.29. The van der Waals surface area contributed by atoms with Crippen LogP contribution >= 0.6 is 23.2 Å². The summed E-state index contributed by atoms with van der Waals surface area (Å²) in [5, 5.41) is 0.755. The summed E-state index contributed by atoms with van der Waals surface area (Å²) in [6.45, 7) is 6.44. The zero-order valence-corrected chi connectivity index (χ0v) is 11.2. The van der Waals surface area contributed by atoms with Crippen molar-refractivity contribution in [2.75, 3.05) is 11.9 Å². The molecule has 0 amide bonds. The number of anilines is 1. The first kappa shape index (κ1) is 12.7. The van der Waals surface area contributed by atoms with E-state index in [1.165, 1.54) is 0 Å². The predicted octanol–water partition coefficient (Wildman–Crippen LogP) is 4.31. The molecule has 0 unspecified atom stereocenters. The molecule has 0 spiro atoms. The molecule has 0 aliphatic rings. The van der Waals surface area contributed by atoms with E-state index in [0.717, 1.165) is 16.3 Å². The van der Waals surface area contributed by atoms with Gasteiger partial charge in [0.2, 0.25) is 0 Å². The first-order chi connectivity index (χ1) is 6.88. The minimum absolute atomic E-state index is 0.0335. The molecular formula is C12H17Cl2N. The Morgan fingerprint density at radius 1 is 1.27 bits per heavy atom. The SMILES string of the molecule is CN(c1c(Cl)cccc1CCl)C(C)(C)C. The molecule has 15 heavy (non-hydrogen) atoms. The predicted molar refractivity (Wildman–Crippen MR) is 69.2 cm³/mol. The van der Waals surface area contributed by atoms with Gasteiger partial charge in [-0.05, 0) is 32.4 Å². The quantitative estimate of drug-likeness (QED) is 0.702. The van der Waals surface area contributed by atoms with E-state index in [0.29, 0.717) is 5.88 Å². The third-order valence-corrected chi connectivity index (χ3v) is 3.15. The molecule has 0 bridgehead atoms. The fraction of sp³-hybridized carbons (Fsp3) is 0.500. The van der Waals surface area contributed by atoms with Crippen molar-refractivity contribution in [2.45, 2.75) is 32.2 Å². The van der Waals surface area contributed by atoms with E-state index in [2.05, 4.69) is 25.7 Å². The maximum atomic E-state index is 6.21. The average molecular weight is 246 g/mol. The highest BCUT2D eigenvalue weighted by atomic mass is 35.5. The van der Waals surface area contributed by atoms with Crippen molar-refractivity contribution < 1.29 is 0 Å². The maximum Gasteiger partial charge on any atom is 0.0642 e. The lowest BCUT2D eigenvalue weighted by Crippen LogP contribution is -2.38. The van der Waals surface area contributed by atoms with Gasteiger partial charge in [-0.1, -0.05) is 23.7 Å². The van der Waals surface area contributed by atoms with Crippen molar-refractivity contribution in [3.05, 3.63) is 28.8 Å². The molecule has 0 atom stereocenters. The van der Waals surface area contributed by atoms with Gasteiger partial charge in [-0.25, -0.2) is 0 Å². The topological polar surface area (TPSA) is 3.24 Å². The zero-order valence-electron chi connectivity index (χ0n) is 9.64. The molecule has 0 aliphatic heterocycles. The smallest absolute Gasteiger partial charge is 0.0642 e. The Morgan fingerprint density at radius 3 is 2.33 bits per heavy atom. The molecule has 0 aliphatic carbocycles. The van der Waals surface area contributed by atoms with Crippen molar-refractivity contribution in [1.29, 1.82) is 0 Å². The van der Waals surface area contributed by atoms with Crippen molar-refractivity contribution >= 4 is 28.9 Å². The summed E-state index contributed by atoms with van der Waals surface area (Å²) in [5.41, 5.74) is 2.13. The van der Waals surface area contributed by atoms with E-state index in [-0.39, 0.29) is 5.54 Å². The highest BCUT2D eigenvalue weighted by Gasteiger charge is 2.21. The van der Waals surface area contributed by atoms with Gasteiger partial charge in [0.05, 0.1) is 10.7 Å². The summed E-state index contributed by atoms with van der Waals surface area (Å²) in [7, 11) is 2.04. The second kappa shape index (κ2) is 4.63. The number of benzene rings is 1. The summed E-state index contributed by atoms with van der Waals surface area (Å²) < 4.78 is 0. The monoisotopic (exact) mass is 245 g/mol. The molecule has 0 aromatic heterocycles. The van der Waals surface area contributed by atoms with Crippen LogP contribution in [0.3, 0.4) is 0 Å². The van der Waals surface area contributed by atoms with Crippen LogP contribution in [0.15, 0.2) is 18.2 Å². The average Bonchev–Trinajstić information content (AvgIpc) is 2.15. The first-order valence-electron chi connectivity index (χ1n) is 4.95. The molecule has 1 rings (SSSR count). The molecule has 3 heteroatoms. The van der Waals surface area contributed by atoms with Gasteiger partial charge in [0.15, 0.2) is 0 Å². The van der Waals surface area contributed by atoms with Crippen molar-refractivity contribution in [2.24, 2.45) is 0 Å². The van der Waals surface area contributed by atoms with Gasteiger partial charge in [-0.2, -0.15) is 0 Å². The van der Waals surface area contributed by atoms with E-state index >= 15 is 0 Å². The minimum Gasteiger partial charge on any atom is -0.368 e. The summed E-state index contributed by atoms with van der Waals surface area (Å²) >= 11 is 12.1. The first-order valence-corrected chi connectivity index (χ1v) is 5.86. The van der Waals surface area contributed by atoms with Gasteiger partial charge in [-0.3, -0.25) is 0 Å². The van der Waals surface area contributed by atoms with Crippen LogP contribution in [-0.2, 0) is 5.88 Å². The highest BCUT2D eigenvalue weighted by Crippen LogP contribution is 2.33. The molecule has 0 N–H and O–H groups in total. The lowest BCUT2D eigenvalue weighted by atomic mass is 10.0. The summed E-state index contributed by atoms with van der Waals surface area (Å²) in [4.78, 5) is 2.16. The van der Waals surface area contributed by atoms with E-state index in [9.17, 15) is 0 Å². The number of hydrogen-bond acceptors (Lipinski definition) is 1.